The van der Waals surface area contributed by atoms with Crippen molar-refractivity contribution in [2.24, 2.45) is 0 Å². The second-order valence-corrected chi connectivity index (χ2v) is 9.26. The van der Waals surface area contributed by atoms with Gasteiger partial charge in [-0.15, -0.1) is 0 Å². The molecule has 10 nitrogen and oxygen atoms in total. The Morgan fingerprint density at radius 1 is 0.882 bits per heavy atom. The van der Waals surface area contributed by atoms with Gasteiger partial charge in [-0.25, -0.2) is 8.42 Å². The predicted molar refractivity (Wildman–Crippen MR) is 122 cm³/mol. The van der Waals surface area contributed by atoms with Crippen LogP contribution in [0.4, 0.5) is 5.69 Å². The highest BCUT2D eigenvalue weighted by atomic mass is 32.2. The van der Waals surface area contributed by atoms with E-state index in [0.717, 1.165) is 18.4 Å². The van der Waals surface area contributed by atoms with Gasteiger partial charge in [-0.2, -0.15) is 9.97 Å². The fraction of sp³-hybridized carbons (Fsp3) is 0.304. The number of nitrogens with one attached hydrogen (secondary N) is 1. The van der Waals surface area contributed by atoms with E-state index in [0.29, 0.717) is 36.3 Å². The highest BCUT2D eigenvalue weighted by molar-refractivity contribution is 7.87. The quantitative estimate of drug-likeness (QED) is 0.335. The molecule has 0 saturated carbocycles. The molecular formula is C23H24N5O5S-. The van der Waals surface area contributed by atoms with Crippen molar-refractivity contribution in [3.05, 3.63) is 89.2 Å². The first-order chi connectivity index (χ1) is 16.2. The molecule has 0 fully saturated rings. The Bertz CT molecular complexity index is 1290. The molecule has 4 rings (SSSR count). The maximum Gasteiger partial charge on any atom is 0.242 e. The van der Waals surface area contributed by atoms with Gasteiger partial charge in [0.15, 0.2) is 22.0 Å². The van der Waals surface area contributed by atoms with Crippen LogP contribution in [0.3, 0.4) is 0 Å². The topological polar surface area (TPSA) is 147 Å². The van der Waals surface area contributed by atoms with Crippen molar-refractivity contribution in [2.45, 2.75) is 44.9 Å². The third-order valence-corrected chi connectivity index (χ3v) is 5.97. The SMILES string of the molecule is Cc1noc(C(CCCc2ccccc2)(Cc2ccc(NS(=O)(=O)[O-])cc2)c2nc(C)no2)n1. The molecule has 2 aromatic heterocycles. The van der Waals surface area contributed by atoms with Crippen LogP contribution in [-0.2, 0) is 28.6 Å². The van der Waals surface area contributed by atoms with Crippen molar-refractivity contribution < 1.29 is 22.0 Å². The van der Waals surface area contributed by atoms with Crippen LogP contribution < -0.4 is 4.72 Å². The summed E-state index contributed by atoms with van der Waals surface area (Å²) in [7, 11) is -4.61. The molecule has 34 heavy (non-hydrogen) atoms. The molecule has 0 aliphatic rings. The van der Waals surface area contributed by atoms with E-state index in [2.05, 4.69) is 32.4 Å². The fourth-order valence-corrected chi connectivity index (χ4v) is 4.38. The largest absolute Gasteiger partial charge is 0.731 e. The highest BCUT2D eigenvalue weighted by Gasteiger charge is 2.44. The molecule has 1 N–H and O–H groups in total. The molecule has 11 heteroatoms. The third kappa shape index (κ3) is 5.67. The summed E-state index contributed by atoms with van der Waals surface area (Å²) in [6, 6.07) is 16.6. The van der Waals surface area contributed by atoms with Gasteiger partial charge in [-0.05, 0) is 62.8 Å². The van der Waals surface area contributed by atoms with E-state index in [1.807, 2.05) is 22.9 Å². The monoisotopic (exact) mass is 482 g/mol. The van der Waals surface area contributed by atoms with E-state index in [1.54, 1.807) is 26.0 Å². The molecule has 0 radical (unpaired) electrons. The maximum atomic E-state index is 11.0. The molecular weight excluding hydrogens is 458 g/mol. The molecule has 4 aromatic rings. The van der Waals surface area contributed by atoms with Gasteiger partial charge in [-0.3, -0.25) is 4.72 Å². The van der Waals surface area contributed by atoms with Crippen LogP contribution in [-0.4, -0.2) is 33.3 Å². The van der Waals surface area contributed by atoms with Crippen molar-refractivity contribution in [3.8, 4) is 0 Å². The lowest BCUT2D eigenvalue weighted by molar-refractivity contribution is 0.230. The second kappa shape index (κ2) is 9.74. The van der Waals surface area contributed by atoms with Crippen molar-refractivity contribution >= 4 is 16.0 Å². The van der Waals surface area contributed by atoms with E-state index in [-0.39, 0.29) is 5.69 Å². The molecule has 0 unspecified atom stereocenters. The van der Waals surface area contributed by atoms with Crippen molar-refractivity contribution in [3.63, 3.8) is 0 Å². The van der Waals surface area contributed by atoms with Gasteiger partial charge in [0.1, 0.15) is 5.41 Å². The Labute approximate surface area is 197 Å². The average Bonchev–Trinajstić information content (AvgIpc) is 3.43. The summed E-state index contributed by atoms with van der Waals surface area (Å²) in [6.07, 6.45) is 2.57. The molecule has 0 saturated heterocycles. The minimum Gasteiger partial charge on any atom is -0.731 e. The fourth-order valence-electron chi connectivity index (χ4n) is 3.95. The summed E-state index contributed by atoms with van der Waals surface area (Å²) in [4.78, 5) is 9.04. The molecule has 178 valence electrons. The van der Waals surface area contributed by atoms with Crippen molar-refractivity contribution in [1.29, 1.82) is 0 Å². The molecule has 2 aromatic carbocycles. The van der Waals surface area contributed by atoms with Crippen LogP contribution in [0.1, 0.15) is 47.4 Å². The molecule has 0 bridgehead atoms. The first-order valence-electron chi connectivity index (χ1n) is 10.7. The summed E-state index contributed by atoms with van der Waals surface area (Å²) in [5.74, 6) is 1.70. The van der Waals surface area contributed by atoms with E-state index >= 15 is 0 Å². The van der Waals surface area contributed by atoms with Gasteiger partial charge in [0, 0.05) is 5.69 Å². The van der Waals surface area contributed by atoms with Gasteiger partial charge >= 0.3 is 0 Å². The number of rotatable bonds is 10. The number of aromatic nitrogens is 4. The predicted octanol–water partition coefficient (Wildman–Crippen LogP) is 3.49. The van der Waals surface area contributed by atoms with Crippen molar-refractivity contribution in [2.75, 3.05) is 4.72 Å². The average molecular weight is 483 g/mol. The van der Waals surface area contributed by atoms with Crippen LogP contribution in [0.25, 0.3) is 0 Å². The summed E-state index contributed by atoms with van der Waals surface area (Å²) < 4.78 is 46.2. The van der Waals surface area contributed by atoms with Crippen LogP contribution in [0, 0.1) is 13.8 Å². The third-order valence-electron chi connectivity index (χ3n) is 5.49. The summed E-state index contributed by atoms with van der Waals surface area (Å²) in [5, 5.41) is 7.98. The van der Waals surface area contributed by atoms with Crippen molar-refractivity contribution in [1.82, 2.24) is 20.3 Å². The Hall–Kier alpha value is -3.57. The molecule has 0 spiro atoms. The summed E-state index contributed by atoms with van der Waals surface area (Å²) >= 11 is 0. The molecule has 0 atom stereocenters. The summed E-state index contributed by atoms with van der Waals surface area (Å²) in [5.41, 5.74) is 1.32. The number of hydrogen-bond donors (Lipinski definition) is 1. The van der Waals surface area contributed by atoms with Gasteiger partial charge in [-0.1, -0.05) is 52.8 Å². The molecule has 0 aliphatic carbocycles. The van der Waals surface area contributed by atoms with E-state index in [1.165, 1.54) is 17.7 Å². The Kier molecular flexibility index (Phi) is 6.75. The lowest BCUT2D eigenvalue weighted by Crippen LogP contribution is -2.32. The minimum atomic E-state index is -4.61. The lowest BCUT2D eigenvalue weighted by atomic mass is 9.76. The zero-order valence-corrected chi connectivity index (χ0v) is 19.6. The van der Waals surface area contributed by atoms with Crippen LogP contribution in [0.2, 0.25) is 0 Å². The Balaban J connectivity index is 1.69. The number of nitrogens with zero attached hydrogens (tertiary/aromatic N) is 4. The van der Waals surface area contributed by atoms with E-state index < -0.39 is 15.7 Å². The zero-order valence-electron chi connectivity index (χ0n) is 18.8. The van der Waals surface area contributed by atoms with Gasteiger partial charge in [0.2, 0.25) is 11.8 Å². The second-order valence-electron chi connectivity index (χ2n) is 8.14. The highest BCUT2D eigenvalue weighted by Crippen LogP contribution is 2.39. The smallest absolute Gasteiger partial charge is 0.242 e. The van der Waals surface area contributed by atoms with E-state index in [4.69, 9.17) is 9.05 Å². The standard InChI is InChI=1S/C23H25N5O5S/c1-16-24-21(32-26-16)23(22-25-17(2)27-33-22,14-6-9-18-7-4-3-5-8-18)15-19-10-12-20(13-11-19)28-34(29,30)31/h3-5,7-8,10-13,28H,6,9,14-15H2,1-2H3,(H,29,30,31)/p-1. The normalized spacial score (nSPS) is 12.1. The molecule has 2 heterocycles. The van der Waals surface area contributed by atoms with Gasteiger partial charge in [0.05, 0.1) is 0 Å². The Morgan fingerprint density at radius 2 is 1.47 bits per heavy atom. The van der Waals surface area contributed by atoms with Gasteiger partial charge in [0.25, 0.3) is 0 Å². The lowest BCUT2D eigenvalue weighted by Gasteiger charge is -2.27. The van der Waals surface area contributed by atoms with E-state index in [9.17, 15) is 13.0 Å². The maximum absolute atomic E-state index is 11.0. The van der Waals surface area contributed by atoms with Crippen LogP contribution in [0.15, 0.2) is 63.6 Å². The zero-order chi connectivity index (χ0) is 24.2. The number of hydrogen-bond acceptors (Lipinski definition) is 9. The minimum absolute atomic E-state index is 0.177. The Morgan fingerprint density at radius 3 is 1.97 bits per heavy atom. The van der Waals surface area contributed by atoms with Crippen LogP contribution >= 0.6 is 0 Å². The van der Waals surface area contributed by atoms with Gasteiger partial charge < -0.3 is 13.6 Å². The molecule has 0 amide bonds. The van der Waals surface area contributed by atoms with Crippen LogP contribution in [0.5, 0.6) is 0 Å². The first-order valence-corrected chi connectivity index (χ1v) is 12.1. The molecule has 0 aliphatic heterocycles. The first kappa shape index (κ1) is 23.6. The number of anilines is 1. The number of benzene rings is 2. The summed E-state index contributed by atoms with van der Waals surface area (Å²) in [6.45, 7) is 3.48. The number of aryl methyl sites for hydroxylation is 3.